The molecule has 0 fully saturated rings. The first kappa shape index (κ1) is 25.9. The first-order chi connectivity index (χ1) is 17.1. The molecule has 3 aliphatic heterocycles. The Bertz CT molecular complexity index is 1210. The van der Waals surface area contributed by atoms with Crippen LogP contribution in [0.3, 0.4) is 0 Å². The smallest absolute Gasteiger partial charge is 0.429 e. The first-order valence-corrected chi connectivity index (χ1v) is 12.6. The SMILES string of the molecule is COc1ccncc1NC(=O)C1N=C(C2=S3CCC(C(F)(F)F)=NC3=C(OC(C)C)C=C2)OC1CN. The summed E-state index contributed by atoms with van der Waals surface area (Å²) in [6.07, 6.45) is 0.444. The summed E-state index contributed by atoms with van der Waals surface area (Å²) < 4.78 is 57.2. The number of alkyl halides is 3. The van der Waals surface area contributed by atoms with Crippen LogP contribution in [0, 0.1) is 0 Å². The number of aromatic nitrogens is 1. The molecule has 0 aliphatic carbocycles. The van der Waals surface area contributed by atoms with Crippen LogP contribution in [-0.2, 0) is 14.3 Å². The van der Waals surface area contributed by atoms with Crippen molar-refractivity contribution in [3.05, 3.63) is 41.4 Å². The zero-order valence-corrected chi connectivity index (χ0v) is 20.7. The molecular weight excluding hydrogens is 499 g/mol. The predicted molar refractivity (Wildman–Crippen MR) is 133 cm³/mol. The van der Waals surface area contributed by atoms with E-state index < -0.39 is 40.4 Å². The van der Waals surface area contributed by atoms with Crippen LogP contribution >= 0.6 is 10.5 Å². The number of anilines is 1. The highest BCUT2D eigenvalue weighted by molar-refractivity contribution is 8.20. The summed E-state index contributed by atoms with van der Waals surface area (Å²) in [5.41, 5.74) is 5.37. The molecule has 1 aromatic rings. The molecule has 0 bridgehead atoms. The number of rotatable bonds is 7. The molecule has 1 amide bonds. The van der Waals surface area contributed by atoms with E-state index in [-0.39, 0.29) is 41.5 Å². The van der Waals surface area contributed by atoms with Crippen molar-refractivity contribution < 1.29 is 32.2 Å². The molecule has 3 aliphatic rings. The molecule has 3 N–H and O–H groups in total. The number of ether oxygens (including phenoxy) is 3. The summed E-state index contributed by atoms with van der Waals surface area (Å²) in [6, 6.07) is 0.627. The van der Waals surface area contributed by atoms with E-state index >= 15 is 0 Å². The van der Waals surface area contributed by atoms with Crippen LogP contribution in [0.2, 0.25) is 0 Å². The fourth-order valence-corrected chi connectivity index (χ4v) is 5.93. The zero-order chi connectivity index (χ0) is 26.0. The number of nitrogens with zero attached hydrogens (tertiary/aromatic N) is 3. The largest absolute Gasteiger partial charge is 0.494 e. The Morgan fingerprint density at radius 1 is 1.36 bits per heavy atom. The van der Waals surface area contributed by atoms with Gasteiger partial charge >= 0.3 is 6.18 Å². The number of pyridine rings is 1. The molecule has 4 rings (SSSR count). The molecule has 0 aromatic carbocycles. The number of carbonyl (C=O) groups is 1. The van der Waals surface area contributed by atoms with E-state index in [1.54, 1.807) is 32.1 Å². The summed E-state index contributed by atoms with van der Waals surface area (Å²) in [6.45, 7) is 3.57. The molecule has 0 saturated heterocycles. The van der Waals surface area contributed by atoms with Crippen molar-refractivity contribution in [2.75, 3.05) is 24.7 Å². The van der Waals surface area contributed by atoms with Crippen molar-refractivity contribution >= 4 is 38.6 Å². The van der Waals surface area contributed by atoms with Gasteiger partial charge in [-0.25, -0.2) is 9.98 Å². The lowest BCUT2D eigenvalue weighted by Crippen LogP contribution is -2.39. The highest BCUT2D eigenvalue weighted by atomic mass is 32.2. The van der Waals surface area contributed by atoms with E-state index in [2.05, 4.69) is 20.3 Å². The third-order valence-corrected chi connectivity index (χ3v) is 7.62. The van der Waals surface area contributed by atoms with Gasteiger partial charge in [-0.3, -0.25) is 9.78 Å². The average Bonchev–Trinajstić information content (AvgIpc) is 3.28. The van der Waals surface area contributed by atoms with Crippen LogP contribution in [-0.4, -0.2) is 71.2 Å². The van der Waals surface area contributed by atoms with Gasteiger partial charge in [0.2, 0.25) is 5.90 Å². The van der Waals surface area contributed by atoms with Gasteiger partial charge < -0.3 is 25.3 Å². The second-order valence-electron chi connectivity index (χ2n) is 8.27. The van der Waals surface area contributed by atoms with Gasteiger partial charge in [0, 0.05) is 31.0 Å². The van der Waals surface area contributed by atoms with Gasteiger partial charge in [0.05, 0.1) is 24.3 Å². The molecule has 13 heteroatoms. The van der Waals surface area contributed by atoms with Crippen LogP contribution in [0.5, 0.6) is 5.75 Å². The van der Waals surface area contributed by atoms with E-state index in [1.807, 2.05) is 0 Å². The van der Waals surface area contributed by atoms with E-state index in [4.69, 9.17) is 19.9 Å². The average molecular weight is 526 g/mol. The van der Waals surface area contributed by atoms with Gasteiger partial charge in [0.15, 0.2) is 11.8 Å². The summed E-state index contributed by atoms with van der Waals surface area (Å²) in [5.74, 6) is 0.555. The molecule has 0 radical (unpaired) electrons. The second-order valence-corrected chi connectivity index (χ2v) is 10.3. The zero-order valence-electron chi connectivity index (χ0n) is 19.8. The number of aliphatic imine (C=N–C) groups is 2. The fourth-order valence-electron chi connectivity index (χ4n) is 3.78. The number of hydrogen-bond acceptors (Lipinski definition) is 8. The maximum absolute atomic E-state index is 13.4. The van der Waals surface area contributed by atoms with Crippen molar-refractivity contribution in [1.29, 1.82) is 0 Å². The first-order valence-electron chi connectivity index (χ1n) is 11.2. The lowest BCUT2D eigenvalue weighted by atomic mass is 10.1. The maximum Gasteiger partial charge on any atom is 0.429 e. The van der Waals surface area contributed by atoms with Crippen LogP contribution < -0.4 is 15.8 Å². The third kappa shape index (κ3) is 5.31. The Labute approximate surface area is 208 Å². The standard InChI is InChI=1S/C23H26F3N5O4S/c1-12(2)34-15-4-5-17(36-9-7-18(23(24,25)26)30-22(15)36)21-31-19(16(10-27)35-21)20(32)29-13-11-28-8-6-14(13)33-3/h4-6,8,11-12,16,19H,7,9-10,27H2,1-3H3,(H,29,32). The summed E-state index contributed by atoms with van der Waals surface area (Å²) >= 11 is 0. The van der Waals surface area contributed by atoms with Crippen LogP contribution in [0.1, 0.15) is 20.3 Å². The Hall–Kier alpha value is -3.19. The van der Waals surface area contributed by atoms with Gasteiger partial charge in [0.25, 0.3) is 5.91 Å². The number of carbonyl (C=O) groups excluding carboxylic acids is 1. The Balaban J connectivity index is 1.69. The Morgan fingerprint density at radius 3 is 2.81 bits per heavy atom. The van der Waals surface area contributed by atoms with Crippen molar-refractivity contribution in [1.82, 2.24) is 4.98 Å². The fraction of sp³-hybridized carbons (Fsp3) is 0.435. The molecule has 0 saturated carbocycles. The number of allylic oxidation sites excluding steroid dienone is 1. The van der Waals surface area contributed by atoms with E-state index in [0.717, 1.165) is 0 Å². The lowest BCUT2D eigenvalue weighted by molar-refractivity contribution is -0.118. The molecule has 0 spiro atoms. The summed E-state index contributed by atoms with van der Waals surface area (Å²) in [7, 11) is 0.585. The van der Waals surface area contributed by atoms with E-state index in [1.165, 1.54) is 19.5 Å². The number of hydrogen-bond donors (Lipinski definition) is 2. The van der Waals surface area contributed by atoms with Gasteiger partial charge in [-0.2, -0.15) is 13.2 Å². The molecule has 9 nitrogen and oxygen atoms in total. The molecule has 4 heterocycles. The second kappa shape index (κ2) is 10.4. The van der Waals surface area contributed by atoms with Gasteiger partial charge in [0.1, 0.15) is 28.3 Å². The molecule has 194 valence electrons. The van der Waals surface area contributed by atoms with E-state index in [9.17, 15) is 18.0 Å². The monoisotopic (exact) mass is 525 g/mol. The van der Waals surface area contributed by atoms with Crippen LogP contribution in [0.25, 0.3) is 0 Å². The van der Waals surface area contributed by atoms with Gasteiger partial charge in [-0.05, 0) is 26.0 Å². The van der Waals surface area contributed by atoms with Crippen molar-refractivity contribution in [3.63, 3.8) is 0 Å². The highest BCUT2D eigenvalue weighted by Crippen LogP contribution is 2.42. The normalized spacial score (nSPS) is 23.7. The topological polar surface area (TPSA) is 120 Å². The number of halogens is 3. The molecule has 1 aromatic heterocycles. The number of methoxy groups -OCH3 is 1. The van der Waals surface area contributed by atoms with Crippen molar-refractivity contribution in [2.24, 2.45) is 15.7 Å². The minimum absolute atomic E-state index is 0.000808. The minimum atomic E-state index is -4.53. The number of nitrogens with one attached hydrogen (secondary N) is 1. The minimum Gasteiger partial charge on any atom is -0.494 e. The van der Waals surface area contributed by atoms with E-state index in [0.29, 0.717) is 16.3 Å². The van der Waals surface area contributed by atoms with Gasteiger partial charge in [-0.15, -0.1) is 10.5 Å². The predicted octanol–water partition coefficient (Wildman–Crippen LogP) is 3.17. The van der Waals surface area contributed by atoms with Crippen LogP contribution in [0.4, 0.5) is 18.9 Å². The number of fused-ring (bicyclic) bond motifs is 1. The van der Waals surface area contributed by atoms with Crippen LogP contribution in [0.15, 0.2) is 51.4 Å². The quantitative estimate of drug-likeness (QED) is 0.528. The molecular formula is C23H26F3N5O4S. The molecule has 3 atom stereocenters. The molecule has 36 heavy (non-hydrogen) atoms. The Kier molecular flexibility index (Phi) is 7.50. The van der Waals surface area contributed by atoms with Gasteiger partial charge in [-0.1, -0.05) is 0 Å². The van der Waals surface area contributed by atoms with Crippen molar-refractivity contribution in [3.8, 4) is 5.75 Å². The number of amides is 1. The van der Waals surface area contributed by atoms with Crippen molar-refractivity contribution in [2.45, 2.75) is 44.7 Å². The summed E-state index contributed by atoms with van der Waals surface area (Å²) in [5, 5.41) is 2.93. The maximum atomic E-state index is 13.4. The number of nitrogens with two attached hydrogens (primary N) is 1. The molecule has 3 unspecified atom stereocenters. The Morgan fingerprint density at radius 2 is 2.14 bits per heavy atom. The highest BCUT2D eigenvalue weighted by Gasteiger charge is 2.41. The summed E-state index contributed by atoms with van der Waals surface area (Å²) in [4.78, 5) is 26.0. The third-order valence-electron chi connectivity index (χ3n) is 5.41. The lowest BCUT2D eigenvalue weighted by Gasteiger charge is -2.27.